The van der Waals surface area contributed by atoms with Crippen molar-refractivity contribution in [2.75, 3.05) is 33.4 Å². The minimum atomic E-state index is -4.77. The zero-order chi connectivity index (χ0) is 28.6. The average molecular weight is 562 g/mol. The summed E-state index contributed by atoms with van der Waals surface area (Å²) in [6.45, 7) is 2.20. The summed E-state index contributed by atoms with van der Waals surface area (Å²) in [5, 5.41) is 0. The molecule has 2 fully saturated rings. The molecule has 1 heterocycles. The summed E-state index contributed by atoms with van der Waals surface area (Å²) in [5.41, 5.74) is -1.79. The van der Waals surface area contributed by atoms with Gasteiger partial charge in [0.25, 0.3) is 0 Å². The third kappa shape index (κ3) is 10.0. The SMILES string of the molecule is C1CC1.COC(=O)C(C)Cc1cccc(OCC2CN(Cc3cc(C(F)(F)F)ccc3C(F)(F)F)CCO2)c1. The molecule has 0 radical (unpaired) electrons. The van der Waals surface area contributed by atoms with E-state index in [0.29, 0.717) is 30.4 Å². The molecule has 0 amide bonds. The van der Waals surface area contributed by atoms with E-state index in [1.165, 1.54) is 26.4 Å². The molecule has 4 rings (SSSR count). The Morgan fingerprint density at radius 3 is 2.38 bits per heavy atom. The monoisotopic (exact) mass is 561 g/mol. The molecule has 0 N–H and O–H groups in total. The third-order valence-corrected chi connectivity index (χ3v) is 6.19. The number of carbonyl (C=O) groups is 1. The van der Waals surface area contributed by atoms with Gasteiger partial charge in [-0.3, -0.25) is 9.69 Å². The average Bonchev–Trinajstić information content (AvgIpc) is 3.76. The summed E-state index contributed by atoms with van der Waals surface area (Å²) in [4.78, 5) is 13.3. The maximum Gasteiger partial charge on any atom is 0.416 e. The largest absolute Gasteiger partial charge is 0.491 e. The molecule has 0 aromatic heterocycles. The molecule has 39 heavy (non-hydrogen) atoms. The lowest BCUT2D eigenvalue weighted by atomic mass is 10.0. The summed E-state index contributed by atoms with van der Waals surface area (Å²) < 4.78 is 95.8. The normalized spacial score (nSPS) is 18.5. The number of methoxy groups -OCH3 is 1. The molecule has 5 nitrogen and oxygen atoms in total. The number of morpholine rings is 1. The van der Waals surface area contributed by atoms with E-state index in [-0.39, 0.29) is 44.7 Å². The van der Waals surface area contributed by atoms with E-state index in [1.807, 2.05) is 6.07 Å². The van der Waals surface area contributed by atoms with Crippen LogP contribution in [0.5, 0.6) is 5.75 Å². The molecule has 2 aromatic rings. The molecule has 1 saturated heterocycles. The number of nitrogens with zero attached hydrogens (tertiary/aromatic N) is 1. The van der Waals surface area contributed by atoms with Crippen LogP contribution in [0.25, 0.3) is 0 Å². The van der Waals surface area contributed by atoms with Gasteiger partial charge in [0.1, 0.15) is 18.5 Å². The number of alkyl halides is 6. The van der Waals surface area contributed by atoms with E-state index in [4.69, 9.17) is 14.2 Å². The van der Waals surface area contributed by atoms with Gasteiger partial charge < -0.3 is 14.2 Å². The first-order chi connectivity index (χ1) is 18.4. The summed E-state index contributed by atoms with van der Waals surface area (Å²) in [5.74, 6) is -0.132. The van der Waals surface area contributed by atoms with Crippen LogP contribution >= 0.6 is 0 Å². The summed E-state index contributed by atoms with van der Waals surface area (Å²) >= 11 is 0. The molecule has 11 heteroatoms. The number of benzene rings is 2. The first kappa shape index (κ1) is 30.7. The third-order valence-electron chi connectivity index (χ3n) is 6.19. The highest BCUT2D eigenvalue weighted by atomic mass is 19.4. The van der Waals surface area contributed by atoms with Crippen molar-refractivity contribution in [3.8, 4) is 5.75 Å². The van der Waals surface area contributed by atoms with Crippen molar-refractivity contribution < 1.29 is 45.3 Å². The Kier molecular flexibility index (Phi) is 10.7. The second-order valence-electron chi connectivity index (χ2n) is 9.74. The fraction of sp³-hybridized carbons (Fsp3) is 0.536. The fourth-order valence-corrected chi connectivity index (χ4v) is 4.03. The van der Waals surface area contributed by atoms with Crippen molar-refractivity contribution >= 4 is 5.97 Å². The van der Waals surface area contributed by atoms with E-state index < -0.39 is 35.1 Å². The van der Waals surface area contributed by atoms with Crippen molar-refractivity contribution in [2.45, 2.75) is 57.6 Å². The molecule has 216 valence electrons. The smallest absolute Gasteiger partial charge is 0.416 e. The maximum absolute atomic E-state index is 13.4. The maximum atomic E-state index is 13.4. The second-order valence-corrected chi connectivity index (χ2v) is 9.74. The number of rotatable bonds is 8. The lowest BCUT2D eigenvalue weighted by Gasteiger charge is -2.33. The minimum Gasteiger partial charge on any atom is -0.491 e. The number of ether oxygens (including phenoxy) is 3. The highest BCUT2D eigenvalue weighted by molar-refractivity contribution is 5.72. The van der Waals surface area contributed by atoms with Crippen molar-refractivity contribution in [3.63, 3.8) is 0 Å². The molecular formula is C28H33F6NO4. The zero-order valence-corrected chi connectivity index (χ0v) is 21.9. The van der Waals surface area contributed by atoms with Crippen LogP contribution in [0, 0.1) is 5.92 Å². The molecule has 0 bridgehead atoms. The Labute approximate surface area is 224 Å². The Morgan fingerprint density at radius 2 is 1.77 bits per heavy atom. The van der Waals surface area contributed by atoms with Crippen LogP contribution < -0.4 is 4.74 Å². The Balaban J connectivity index is 0.00000131. The first-order valence-electron chi connectivity index (χ1n) is 12.8. The predicted octanol–water partition coefficient (Wildman–Crippen LogP) is 6.53. The predicted molar refractivity (Wildman–Crippen MR) is 132 cm³/mol. The van der Waals surface area contributed by atoms with E-state index >= 15 is 0 Å². The van der Waals surface area contributed by atoms with Crippen molar-refractivity contribution in [1.82, 2.24) is 4.90 Å². The summed E-state index contributed by atoms with van der Waals surface area (Å²) in [6.07, 6.45) is -5.05. The topological polar surface area (TPSA) is 48.0 Å². The van der Waals surface area contributed by atoms with Crippen LogP contribution in [0.1, 0.15) is 48.4 Å². The van der Waals surface area contributed by atoms with Gasteiger partial charge in [-0.1, -0.05) is 38.3 Å². The van der Waals surface area contributed by atoms with Gasteiger partial charge in [0, 0.05) is 19.6 Å². The number of esters is 1. The minimum absolute atomic E-state index is 0.0984. The van der Waals surface area contributed by atoms with Crippen LogP contribution in [0.2, 0.25) is 0 Å². The first-order valence-corrected chi connectivity index (χ1v) is 12.8. The van der Waals surface area contributed by atoms with Crippen molar-refractivity contribution in [1.29, 1.82) is 0 Å². The van der Waals surface area contributed by atoms with E-state index in [0.717, 1.165) is 5.56 Å². The molecule has 2 atom stereocenters. The van der Waals surface area contributed by atoms with Crippen molar-refractivity contribution in [2.24, 2.45) is 5.92 Å². The Morgan fingerprint density at radius 1 is 1.05 bits per heavy atom. The van der Waals surface area contributed by atoms with Gasteiger partial charge in [-0.05, 0) is 47.9 Å². The van der Waals surface area contributed by atoms with Gasteiger partial charge in [0.05, 0.1) is 30.8 Å². The van der Waals surface area contributed by atoms with E-state index in [2.05, 4.69) is 0 Å². The number of hydrogen-bond donors (Lipinski definition) is 0. The highest BCUT2D eigenvalue weighted by Gasteiger charge is 2.37. The quantitative estimate of drug-likeness (QED) is 0.271. The molecule has 2 aliphatic rings. The van der Waals surface area contributed by atoms with Gasteiger partial charge in [-0.2, -0.15) is 26.3 Å². The molecular weight excluding hydrogens is 528 g/mol. The number of hydrogen-bond acceptors (Lipinski definition) is 5. The standard InChI is InChI=1S/C25H27F6NO4.C3H6/c1-16(23(33)34-2)10-17-4-3-5-20(11-17)36-15-21-14-32(8-9-35-21)13-18-12-19(24(26,27)28)6-7-22(18)25(29,30)31;1-2-3-1/h3-7,11-12,16,21H,8-10,13-15H2,1-2H3;1-3H2. The molecule has 1 aliphatic carbocycles. The molecule has 1 aliphatic heterocycles. The molecule has 1 saturated carbocycles. The summed E-state index contributed by atoms with van der Waals surface area (Å²) in [7, 11) is 1.32. The molecule has 2 aromatic carbocycles. The van der Waals surface area contributed by atoms with Crippen LogP contribution in [-0.2, 0) is 39.6 Å². The van der Waals surface area contributed by atoms with Gasteiger partial charge >= 0.3 is 18.3 Å². The van der Waals surface area contributed by atoms with Gasteiger partial charge in [-0.15, -0.1) is 0 Å². The van der Waals surface area contributed by atoms with Crippen molar-refractivity contribution in [3.05, 3.63) is 64.7 Å². The Bertz CT molecular complexity index is 1080. The lowest BCUT2D eigenvalue weighted by Crippen LogP contribution is -2.44. The Hall–Kier alpha value is -2.79. The zero-order valence-electron chi connectivity index (χ0n) is 21.9. The molecule has 0 spiro atoms. The highest BCUT2D eigenvalue weighted by Crippen LogP contribution is 2.37. The van der Waals surface area contributed by atoms with Gasteiger partial charge in [0.2, 0.25) is 0 Å². The molecule has 2 unspecified atom stereocenters. The van der Waals surface area contributed by atoms with Crippen LogP contribution in [-0.4, -0.2) is 50.4 Å². The lowest BCUT2D eigenvalue weighted by molar-refractivity contribution is -0.144. The van der Waals surface area contributed by atoms with Crippen LogP contribution in [0.3, 0.4) is 0 Å². The van der Waals surface area contributed by atoms with E-state index in [9.17, 15) is 31.1 Å². The fourth-order valence-electron chi connectivity index (χ4n) is 4.03. The number of halogens is 6. The van der Waals surface area contributed by atoms with Crippen LogP contribution in [0.15, 0.2) is 42.5 Å². The van der Waals surface area contributed by atoms with E-state index in [1.54, 1.807) is 30.0 Å². The van der Waals surface area contributed by atoms with Crippen LogP contribution in [0.4, 0.5) is 26.3 Å². The van der Waals surface area contributed by atoms with Gasteiger partial charge in [0.15, 0.2) is 0 Å². The second kappa shape index (κ2) is 13.5. The van der Waals surface area contributed by atoms with Gasteiger partial charge in [-0.25, -0.2) is 0 Å². The summed E-state index contributed by atoms with van der Waals surface area (Å²) in [6, 6.07) is 8.61. The number of carbonyl (C=O) groups excluding carboxylic acids is 1.